The average Bonchev–Trinajstić information content (AvgIpc) is 2.77. The Bertz CT molecular complexity index is 273. The summed E-state index contributed by atoms with van der Waals surface area (Å²) in [5, 5.41) is 4.02. The Morgan fingerprint density at radius 1 is 0.952 bits per heavy atom. The standard InChI is InChI=1S/C19H38N2/c1-4-16-20-18(17-12-8-5-6-9-13-17)19(21(2)3)14-10-7-11-15-19/h17-18,20H,4-16H2,1-3H3. The van der Waals surface area contributed by atoms with Crippen molar-refractivity contribution in [2.24, 2.45) is 5.92 Å². The summed E-state index contributed by atoms with van der Waals surface area (Å²) in [5.74, 6) is 0.902. The monoisotopic (exact) mass is 294 g/mol. The maximum atomic E-state index is 4.02. The highest BCUT2D eigenvalue weighted by molar-refractivity contribution is 5.03. The molecule has 0 amide bonds. The highest BCUT2D eigenvalue weighted by Crippen LogP contribution is 2.41. The second-order valence-electron chi connectivity index (χ2n) is 7.74. The molecule has 2 heteroatoms. The van der Waals surface area contributed by atoms with Gasteiger partial charge in [-0.2, -0.15) is 0 Å². The minimum atomic E-state index is 0.419. The van der Waals surface area contributed by atoms with Crippen molar-refractivity contribution in [2.45, 2.75) is 95.6 Å². The van der Waals surface area contributed by atoms with Gasteiger partial charge >= 0.3 is 0 Å². The third-order valence-electron chi connectivity index (χ3n) is 6.17. The molecule has 0 radical (unpaired) electrons. The van der Waals surface area contributed by atoms with Crippen molar-refractivity contribution in [3.8, 4) is 0 Å². The topological polar surface area (TPSA) is 15.3 Å². The van der Waals surface area contributed by atoms with E-state index in [4.69, 9.17) is 0 Å². The van der Waals surface area contributed by atoms with E-state index in [-0.39, 0.29) is 0 Å². The number of nitrogens with one attached hydrogen (secondary N) is 1. The molecule has 124 valence electrons. The average molecular weight is 295 g/mol. The second-order valence-corrected chi connectivity index (χ2v) is 7.74. The lowest BCUT2D eigenvalue weighted by Crippen LogP contribution is -2.62. The third-order valence-corrected chi connectivity index (χ3v) is 6.17. The summed E-state index contributed by atoms with van der Waals surface area (Å²) in [7, 11) is 4.67. The molecule has 0 saturated heterocycles. The summed E-state index contributed by atoms with van der Waals surface area (Å²) in [6.45, 7) is 3.50. The molecule has 0 aromatic heterocycles. The van der Waals surface area contributed by atoms with E-state index in [1.165, 1.54) is 83.6 Å². The van der Waals surface area contributed by atoms with Gasteiger partial charge < -0.3 is 10.2 Å². The summed E-state index contributed by atoms with van der Waals surface area (Å²) >= 11 is 0. The van der Waals surface area contributed by atoms with Crippen LogP contribution in [0.15, 0.2) is 0 Å². The quantitative estimate of drug-likeness (QED) is 0.721. The largest absolute Gasteiger partial charge is 0.312 e. The SMILES string of the molecule is CCCNC(C1CCCCCC1)C1(N(C)C)CCCCC1. The van der Waals surface area contributed by atoms with Gasteiger partial charge in [-0.1, -0.05) is 51.9 Å². The maximum Gasteiger partial charge on any atom is 0.0359 e. The fourth-order valence-electron chi connectivity index (χ4n) is 4.94. The number of hydrogen-bond acceptors (Lipinski definition) is 2. The van der Waals surface area contributed by atoms with Crippen LogP contribution in [0.3, 0.4) is 0 Å². The summed E-state index contributed by atoms with van der Waals surface area (Å²) in [6.07, 6.45) is 17.1. The third kappa shape index (κ3) is 4.22. The summed E-state index contributed by atoms with van der Waals surface area (Å²) in [6, 6.07) is 0.714. The lowest BCUT2D eigenvalue weighted by molar-refractivity contribution is 0.0287. The van der Waals surface area contributed by atoms with Gasteiger partial charge in [-0.25, -0.2) is 0 Å². The first-order chi connectivity index (χ1) is 10.2. The summed E-state index contributed by atoms with van der Waals surface area (Å²) in [4.78, 5) is 2.59. The van der Waals surface area contributed by atoms with Gasteiger partial charge in [0.1, 0.15) is 0 Å². The highest BCUT2D eigenvalue weighted by atomic mass is 15.2. The van der Waals surface area contributed by atoms with E-state index >= 15 is 0 Å². The van der Waals surface area contributed by atoms with E-state index in [1.54, 1.807) is 0 Å². The Morgan fingerprint density at radius 3 is 2.05 bits per heavy atom. The Balaban J connectivity index is 2.18. The van der Waals surface area contributed by atoms with Gasteiger partial charge in [-0.15, -0.1) is 0 Å². The summed E-state index contributed by atoms with van der Waals surface area (Å²) in [5.41, 5.74) is 0.419. The first-order valence-electron chi connectivity index (χ1n) is 9.61. The van der Waals surface area contributed by atoms with Gasteiger partial charge in [-0.05, 0) is 58.7 Å². The zero-order valence-corrected chi connectivity index (χ0v) is 14.8. The zero-order valence-electron chi connectivity index (χ0n) is 14.8. The maximum absolute atomic E-state index is 4.02. The van der Waals surface area contributed by atoms with Crippen molar-refractivity contribution < 1.29 is 0 Å². The second kappa shape index (κ2) is 8.53. The van der Waals surface area contributed by atoms with Crippen LogP contribution in [0.2, 0.25) is 0 Å². The minimum Gasteiger partial charge on any atom is -0.312 e. The Labute approximate surface area is 133 Å². The lowest BCUT2D eigenvalue weighted by atomic mass is 9.69. The van der Waals surface area contributed by atoms with Gasteiger partial charge in [0.25, 0.3) is 0 Å². The minimum absolute atomic E-state index is 0.419. The van der Waals surface area contributed by atoms with Crippen molar-refractivity contribution in [1.29, 1.82) is 0 Å². The molecular weight excluding hydrogens is 256 g/mol. The predicted octanol–water partition coefficient (Wildman–Crippen LogP) is 4.59. The molecule has 2 fully saturated rings. The Kier molecular flexibility index (Phi) is 7.01. The molecule has 0 aromatic carbocycles. The van der Waals surface area contributed by atoms with Crippen LogP contribution in [-0.4, -0.2) is 37.1 Å². The molecule has 0 aromatic rings. The summed E-state index contributed by atoms with van der Waals surface area (Å²) < 4.78 is 0. The molecule has 0 aliphatic heterocycles. The van der Waals surface area contributed by atoms with E-state index in [2.05, 4.69) is 31.2 Å². The van der Waals surface area contributed by atoms with Crippen LogP contribution in [0, 0.1) is 5.92 Å². The predicted molar refractivity (Wildman–Crippen MR) is 92.8 cm³/mol. The smallest absolute Gasteiger partial charge is 0.0359 e. The molecule has 0 bridgehead atoms. The van der Waals surface area contributed by atoms with Crippen LogP contribution in [0.5, 0.6) is 0 Å². The molecule has 2 rings (SSSR count). The fourth-order valence-corrected chi connectivity index (χ4v) is 4.94. The zero-order chi connectivity index (χ0) is 15.1. The van der Waals surface area contributed by atoms with E-state index in [0.29, 0.717) is 11.6 Å². The molecule has 1 unspecified atom stereocenters. The van der Waals surface area contributed by atoms with Crippen LogP contribution in [0.1, 0.15) is 84.0 Å². The molecule has 2 nitrogen and oxygen atoms in total. The number of hydrogen-bond donors (Lipinski definition) is 1. The molecule has 21 heavy (non-hydrogen) atoms. The first kappa shape index (κ1) is 17.3. The lowest BCUT2D eigenvalue weighted by Gasteiger charge is -2.51. The van der Waals surface area contributed by atoms with Gasteiger partial charge in [0.15, 0.2) is 0 Å². The Morgan fingerprint density at radius 2 is 1.52 bits per heavy atom. The van der Waals surface area contributed by atoms with Gasteiger partial charge in [0.2, 0.25) is 0 Å². The van der Waals surface area contributed by atoms with Crippen LogP contribution in [0.4, 0.5) is 0 Å². The molecule has 0 spiro atoms. The van der Waals surface area contributed by atoms with E-state index in [0.717, 1.165) is 5.92 Å². The molecular formula is C19H38N2. The highest BCUT2D eigenvalue weighted by Gasteiger charge is 2.44. The van der Waals surface area contributed by atoms with Crippen molar-refractivity contribution in [3.63, 3.8) is 0 Å². The van der Waals surface area contributed by atoms with Crippen LogP contribution >= 0.6 is 0 Å². The number of nitrogens with zero attached hydrogens (tertiary/aromatic N) is 1. The van der Waals surface area contributed by atoms with Crippen molar-refractivity contribution in [3.05, 3.63) is 0 Å². The van der Waals surface area contributed by atoms with Gasteiger partial charge in [0, 0.05) is 11.6 Å². The van der Waals surface area contributed by atoms with Crippen LogP contribution in [0.25, 0.3) is 0 Å². The van der Waals surface area contributed by atoms with Gasteiger partial charge in [-0.3, -0.25) is 0 Å². The van der Waals surface area contributed by atoms with Crippen molar-refractivity contribution in [2.75, 3.05) is 20.6 Å². The number of rotatable bonds is 6. The van der Waals surface area contributed by atoms with E-state index in [1.807, 2.05) is 0 Å². The molecule has 1 atom stereocenters. The number of likely N-dealkylation sites (N-methyl/N-ethyl adjacent to an activating group) is 1. The van der Waals surface area contributed by atoms with Crippen LogP contribution < -0.4 is 5.32 Å². The molecule has 2 aliphatic rings. The van der Waals surface area contributed by atoms with E-state index in [9.17, 15) is 0 Å². The van der Waals surface area contributed by atoms with E-state index < -0.39 is 0 Å². The molecule has 2 saturated carbocycles. The van der Waals surface area contributed by atoms with Crippen LogP contribution in [-0.2, 0) is 0 Å². The first-order valence-corrected chi connectivity index (χ1v) is 9.61. The normalized spacial score (nSPS) is 25.7. The fraction of sp³-hybridized carbons (Fsp3) is 1.00. The molecule has 2 aliphatic carbocycles. The Hall–Kier alpha value is -0.0800. The van der Waals surface area contributed by atoms with Crippen molar-refractivity contribution in [1.82, 2.24) is 10.2 Å². The molecule has 1 N–H and O–H groups in total. The van der Waals surface area contributed by atoms with Gasteiger partial charge in [0.05, 0.1) is 0 Å². The van der Waals surface area contributed by atoms with Crippen molar-refractivity contribution >= 4 is 0 Å². The molecule has 0 heterocycles.